The number of aryl methyl sites for hydroxylation is 1. The molecular weight excluding hydrogens is 248 g/mol. The zero-order chi connectivity index (χ0) is 13.3. The predicted octanol–water partition coefficient (Wildman–Crippen LogP) is 4.15. The van der Waals surface area contributed by atoms with Gasteiger partial charge in [-0.15, -0.1) is 11.3 Å². The Hall–Kier alpha value is -1.75. The Kier molecular flexibility index (Phi) is 3.43. The van der Waals surface area contributed by atoms with Gasteiger partial charge in [-0.2, -0.15) is 0 Å². The molecule has 1 aromatic carbocycles. The predicted molar refractivity (Wildman–Crippen MR) is 73.0 cm³/mol. The first-order valence-electron chi connectivity index (χ1n) is 5.70. The quantitative estimate of drug-likeness (QED) is 0.616. The molecule has 0 spiro atoms. The van der Waals surface area contributed by atoms with E-state index < -0.39 is 0 Å². The van der Waals surface area contributed by atoms with Crippen molar-refractivity contribution in [2.24, 2.45) is 0 Å². The van der Waals surface area contributed by atoms with E-state index in [2.05, 4.69) is 18.8 Å². The number of nitrogens with zero attached hydrogens (tertiary/aromatic N) is 2. The highest BCUT2D eigenvalue weighted by atomic mass is 32.1. The molecule has 0 aliphatic rings. The largest absolute Gasteiger partial charge is 0.270 e. The van der Waals surface area contributed by atoms with Gasteiger partial charge in [0.25, 0.3) is 5.69 Å². The lowest BCUT2D eigenvalue weighted by Crippen LogP contribution is -1.91. The highest BCUT2D eigenvalue weighted by Gasteiger charge is 2.13. The summed E-state index contributed by atoms with van der Waals surface area (Å²) >= 11 is 1.53. The number of non-ortho nitro benzene ring substituents is 1. The molecule has 0 aliphatic heterocycles. The number of hydrogen-bond acceptors (Lipinski definition) is 4. The zero-order valence-corrected chi connectivity index (χ0v) is 11.3. The van der Waals surface area contributed by atoms with Crippen LogP contribution in [0.5, 0.6) is 0 Å². The first-order valence-corrected chi connectivity index (χ1v) is 6.58. The van der Waals surface area contributed by atoms with Crippen molar-refractivity contribution in [2.45, 2.75) is 26.7 Å². The fourth-order valence-corrected chi connectivity index (χ4v) is 2.69. The third-order valence-electron chi connectivity index (χ3n) is 2.78. The summed E-state index contributed by atoms with van der Waals surface area (Å²) in [5.74, 6) is 0.369. The second-order valence-electron chi connectivity index (χ2n) is 4.49. The van der Waals surface area contributed by atoms with Crippen molar-refractivity contribution in [3.8, 4) is 10.6 Å². The molecule has 5 heteroatoms. The SMILES string of the molecule is Cc1ccc([N+](=O)[O-])cc1-c1nc(C(C)C)cs1. The second kappa shape index (κ2) is 4.86. The third kappa shape index (κ3) is 2.41. The average molecular weight is 262 g/mol. The smallest absolute Gasteiger partial charge is 0.258 e. The fraction of sp³-hybridized carbons (Fsp3) is 0.308. The van der Waals surface area contributed by atoms with Crippen molar-refractivity contribution in [3.05, 3.63) is 45.0 Å². The number of nitro benzene ring substituents is 1. The van der Waals surface area contributed by atoms with E-state index in [0.717, 1.165) is 21.8 Å². The van der Waals surface area contributed by atoms with E-state index >= 15 is 0 Å². The maximum Gasteiger partial charge on any atom is 0.270 e. The van der Waals surface area contributed by atoms with Gasteiger partial charge in [-0.05, 0) is 18.4 Å². The van der Waals surface area contributed by atoms with E-state index in [-0.39, 0.29) is 10.6 Å². The fourth-order valence-electron chi connectivity index (χ4n) is 1.63. The van der Waals surface area contributed by atoms with Crippen molar-refractivity contribution < 1.29 is 4.92 Å². The molecular formula is C13H14N2O2S. The molecule has 2 rings (SSSR count). The van der Waals surface area contributed by atoms with Crippen LogP contribution in [0.25, 0.3) is 10.6 Å². The molecule has 1 heterocycles. The Morgan fingerprint density at radius 1 is 1.39 bits per heavy atom. The minimum atomic E-state index is -0.375. The van der Waals surface area contributed by atoms with Gasteiger partial charge >= 0.3 is 0 Å². The van der Waals surface area contributed by atoms with Crippen LogP contribution < -0.4 is 0 Å². The van der Waals surface area contributed by atoms with Crippen molar-refractivity contribution in [1.29, 1.82) is 0 Å². The van der Waals surface area contributed by atoms with Crippen LogP contribution in [0, 0.1) is 17.0 Å². The number of nitro groups is 1. The average Bonchev–Trinajstić information content (AvgIpc) is 2.78. The highest BCUT2D eigenvalue weighted by molar-refractivity contribution is 7.13. The molecule has 0 saturated carbocycles. The lowest BCUT2D eigenvalue weighted by atomic mass is 10.1. The van der Waals surface area contributed by atoms with Crippen LogP contribution in [0.4, 0.5) is 5.69 Å². The minimum Gasteiger partial charge on any atom is -0.258 e. The van der Waals surface area contributed by atoms with Gasteiger partial charge in [0, 0.05) is 23.1 Å². The number of benzene rings is 1. The van der Waals surface area contributed by atoms with Crippen molar-refractivity contribution in [2.75, 3.05) is 0 Å². The van der Waals surface area contributed by atoms with Gasteiger partial charge in [-0.25, -0.2) is 4.98 Å². The topological polar surface area (TPSA) is 56.0 Å². The maximum atomic E-state index is 10.8. The lowest BCUT2D eigenvalue weighted by Gasteiger charge is -2.02. The van der Waals surface area contributed by atoms with Crippen LogP contribution in [-0.2, 0) is 0 Å². The lowest BCUT2D eigenvalue weighted by molar-refractivity contribution is -0.384. The number of hydrogen-bond donors (Lipinski definition) is 0. The molecule has 0 fully saturated rings. The second-order valence-corrected chi connectivity index (χ2v) is 5.35. The summed E-state index contributed by atoms with van der Waals surface area (Å²) in [6.07, 6.45) is 0. The first-order chi connectivity index (χ1) is 8.49. The van der Waals surface area contributed by atoms with E-state index in [1.165, 1.54) is 17.4 Å². The van der Waals surface area contributed by atoms with Gasteiger partial charge < -0.3 is 0 Å². The van der Waals surface area contributed by atoms with Gasteiger partial charge in [0.05, 0.1) is 10.6 Å². The number of rotatable bonds is 3. The van der Waals surface area contributed by atoms with Gasteiger partial charge in [-0.1, -0.05) is 19.9 Å². The van der Waals surface area contributed by atoms with Crippen LogP contribution >= 0.6 is 11.3 Å². The molecule has 2 aromatic rings. The Balaban J connectivity index is 2.48. The Labute approximate surface area is 109 Å². The molecule has 0 saturated heterocycles. The van der Waals surface area contributed by atoms with Crippen LogP contribution in [0.1, 0.15) is 31.0 Å². The van der Waals surface area contributed by atoms with E-state index in [9.17, 15) is 10.1 Å². The van der Waals surface area contributed by atoms with E-state index in [1.54, 1.807) is 12.1 Å². The number of aromatic nitrogens is 1. The molecule has 0 radical (unpaired) electrons. The first kappa shape index (κ1) is 12.7. The normalized spacial score (nSPS) is 10.9. The zero-order valence-electron chi connectivity index (χ0n) is 10.5. The van der Waals surface area contributed by atoms with Crippen molar-refractivity contribution >= 4 is 17.0 Å². The van der Waals surface area contributed by atoms with Gasteiger partial charge in [-0.3, -0.25) is 10.1 Å². The van der Waals surface area contributed by atoms with Gasteiger partial charge in [0.1, 0.15) is 5.01 Å². The third-order valence-corrected chi connectivity index (χ3v) is 3.67. The van der Waals surface area contributed by atoms with Gasteiger partial charge in [0.15, 0.2) is 0 Å². The summed E-state index contributed by atoms with van der Waals surface area (Å²) in [6.45, 7) is 6.10. The van der Waals surface area contributed by atoms with E-state index in [0.29, 0.717) is 5.92 Å². The summed E-state index contributed by atoms with van der Waals surface area (Å²) in [5, 5.41) is 13.7. The summed E-state index contributed by atoms with van der Waals surface area (Å²) < 4.78 is 0. The minimum absolute atomic E-state index is 0.108. The molecule has 94 valence electrons. The molecule has 0 bridgehead atoms. The molecule has 0 unspecified atom stereocenters. The Morgan fingerprint density at radius 3 is 2.67 bits per heavy atom. The summed E-state index contributed by atoms with van der Waals surface area (Å²) in [7, 11) is 0. The highest BCUT2D eigenvalue weighted by Crippen LogP contribution is 2.31. The molecule has 0 aliphatic carbocycles. The maximum absolute atomic E-state index is 10.8. The van der Waals surface area contributed by atoms with Crippen LogP contribution in [0.2, 0.25) is 0 Å². The number of thiazole rings is 1. The van der Waals surface area contributed by atoms with Crippen molar-refractivity contribution in [3.63, 3.8) is 0 Å². The van der Waals surface area contributed by atoms with E-state index in [1.807, 2.05) is 12.3 Å². The van der Waals surface area contributed by atoms with Gasteiger partial charge in [0.2, 0.25) is 0 Å². The molecule has 0 atom stereocenters. The monoisotopic (exact) mass is 262 g/mol. The molecule has 18 heavy (non-hydrogen) atoms. The standard InChI is InChI=1S/C13H14N2O2S/c1-8(2)12-7-18-13(14-12)11-6-10(15(16)17)5-4-9(11)3/h4-8H,1-3H3. The van der Waals surface area contributed by atoms with E-state index in [4.69, 9.17) is 0 Å². The summed E-state index contributed by atoms with van der Waals surface area (Å²) in [4.78, 5) is 15.0. The Bertz CT molecular complexity index is 590. The molecule has 4 nitrogen and oxygen atoms in total. The molecule has 0 N–H and O–H groups in total. The molecule has 1 aromatic heterocycles. The summed E-state index contributed by atoms with van der Waals surface area (Å²) in [5.41, 5.74) is 2.99. The van der Waals surface area contributed by atoms with Crippen LogP contribution in [0.3, 0.4) is 0 Å². The summed E-state index contributed by atoms with van der Waals surface area (Å²) in [6, 6.07) is 4.89. The van der Waals surface area contributed by atoms with Crippen LogP contribution in [0.15, 0.2) is 23.6 Å². The van der Waals surface area contributed by atoms with Crippen LogP contribution in [-0.4, -0.2) is 9.91 Å². The Morgan fingerprint density at radius 2 is 2.11 bits per heavy atom. The van der Waals surface area contributed by atoms with Crippen molar-refractivity contribution in [1.82, 2.24) is 4.98 Å². The molecule has 0 amide bonds.